The van der Waals surface area contributed by atoms with E-state index in [1.54, 1.807) is 12.8 Å². The van der Waals surface area contributed by atoms with Crippen molar-refractivity contribution < 1.29 is 0 Å². The zero-order valence-corrected chi connectivity index (χ0v) is 8.06. The quantitative estimate of drug-likeness (QED) is 0.539. The van der Waals surface area contributed by atoms with Crippen LogP contribution in [0.5, 0.6) is 0 Å². The molecule has 3 aliphatic rings. The van der Waals surface area contributed by atoms with E-state index in [1.165, 1.54) is 12.8 Å². The highest BCUT2D eigenvalue weighted by Gasteiger charge is 2.45. The van der Waals surface area contributed by atoms with Gasteiger partial charge in [0.25, 0.3) is 0 Å². The van der Waals surface area contributed by atoms with Gasteiger partial charge in [-0.15, -0.1) is 0 Å². The number of hydrogen-bond donors (Lipinski definition) is 0. The maximum Gasteiger partial charge on any atom is -0.0298 e. The molecule has 0 heteroatoms. The van der Waals surface area contributed by atoms with Crippen molar-refractivity contribution in [2.45, 2.75) is 46.5 Å². The lowest BCUT2D eigenvalue weighted by atomic mass is 9.53. The molecule has 0 radical (unpaired) electrons. The fraction of sp³-hybridized carbons (Fsp3) is 1.00. The van der Waals surface area contributed by atoms with Gasteiger partial charge in [0.05, 0.1) is 0 Å². The van der Waals surface area contributed by atoms with E-state index in [9.17, 15) is 0 Å². The predicted octanol–water partition coefficient (Wildman–Crippen LogP) is 3.47. The molecule has 64 valence electrons. The van der Waals surface area contributed by atoms with E-state index in [-0.39, 0.29) is 0 Å². The molecular weight excluding hydrogens is 132 g/mol. The van der Waals surface area contributed by atoms with Gasteiger partial charge in [0.1, 0.15) is 0 Å². The van der Waals surface area contributed by atoms with Crippen LogP contribution < -0.4 is 0 Å². The van der Waals surface area contributed by atoms with Crippen molar-refractivity contribution in [3.63, 3.8) is 0 Å². The third-order valence-corrected chi connectivity index (χ3v) is 4.24. The summed E-state index contributed by atoms with van der Waals surface area (Å²) in [5.41, 5.74) is 0.700. The fourth-order valence-electron chi connectivity index (χ4n) is 3.08. The minimum Gasteiger partial charge on any atom is -0.0623 e. The van der Waals surface area contributed by atoms with E-state index < -0.39 is 0 Å². The average molecular weight is 152 g/mol. The van der Waals surface area contributed by atoms with Gasteiger partial charge in [-0.1, -0.05) is 20.8 Å². The predicted molar refractivity (Wildman–Crippen MR) is 48.4 cm³/mol. The lowest BCUT2D eigenvalue weighted by Gasteiger charge is -2.53. The van der Waals surface area contributed by atoms with Crippen molar-refractivity contribution in [1.82, 2.24) is 0 Å². The minimum absolute atomic E-state index is 0.700. The SMILES string of the molecule is CC(C)C1(C)CC2CC(C2)C1. The van der Waals surface area contributed by atoms with E-state index in [0.717, 1.165) is 17.8 Å². The van der Waals surface area contributed by atoms with Crippen LogP contribution in [-0.2, 0) is 0 Å². The molecule has 0 spiro atoms. The lowest BCUT2D eigenvalue weighted by Crippen LogP contribution is -2.42. The molecule has 3 aliphatic carbocycles. The van der Waals surface area contributed by atoms with Crippen LogP contribution in [0.3, 0.4) is 0 Å². The summed E-state index contributed by atoms with van der Waals surface area (Å²) in [6.45, 7) is 7.28. The van der Waals surface area contributed by atoms with Gasteiger partial charge in [-0.05, 0) is 48.9 Å². The molecular formula is C11H20. The van der Waals surface area contributed by atoms with Crippen molar-refractivity contribution >= 4 is 0 Å². The van der Waals surface area contributed by atoms with Crippen molar-refractivity contribution in [3.05, 3.63) is 0 Å². The average Bonchev–Trinajstić information content (AvgIpc) is 1.85. The Morgan fingerprint density at radius 2 is 1.55 bits per heavy atom. The molecule has 0 aromatic carbocycles. The Bertz CT molecular complexity index is 141. The molecule has 3 rings (SSSR count). The smallest absolute Gasteiger partial charge is 0.0298 e. The summed E-state index contributed by atoms with van der Waals surface area (Å²) in [5, 5.41) is 0. The Labute approximate surface area is 70.4 Å². The van der Waals surface area contributed by atoms with Crippen LogP contribution in [0.25, 0.3) is 0 Å². The number of fused-ring (bicyclic) bond motifs is 2. The standard InChI is InChI=1S/C11H20/c1-8(2)11(3)6-9-4-10(5-9)7-11/h8-10H,4-7H2,1-3H3. The molecule has 0 unspecified atom stereocenters. The highest BCUT2D eigenvalue weighted by atomic mass is 14.5. The van der Waals surface area contributed by atoms with Crippen molar-refractivity contribution in [2.24, 2.45) is 23.2 Å². The summed E-state index contributed by atoms with van der Waals surface area (Å²) in [7, 11) is 0. The highest BCUT2D eigenvalue weighted by molar-refractivity contribution is 4.96. The summed E-state index contributed by atoms with van der Waals surface area (Å²) in [4.78, 5) is 0. The van der Waals surface area contributed by atoms with E-state index in [4.69, 9.17) is 0 Å². The summed E-state index contributed by atoms with van der Waals surface area (Å²) in [6.07, 6.45) is 6.15. The Morgan fingerprint density at radius 3 is 1.82 bits per heavy atom. The van der Waals surface area contributed by atoms with Crippen LogP contribution >= 0.6 is 0 Å². The molecule has 11 heavy (non-hydrogen) atoms. The maximum absolute atomic E-state index is 2.50. The zero-order valence-electron chi connectivity index (χ0n) is 8.06. The van der Waals surface area contributed by atoms with E-state index in [1.807, 2.05) is 0 Å². The Hall–Kier alpha value is 0. The van der Waals surface area contributed by atoms with Gasteiger partial charge in [0.15, 0.2) is 0 Å². The molecule has 0 aromatic rings. The number of rotatable bonds is 1. The van der Waals surface area contributed by atoms with Crippen LogP contribution in [-0.4, -0.2) is 0 Å². The highest BCUT2D eigenvalue weighted by Crippen LogP contribution is 2.56. The molecule has 2 bridgehead atoms. The Kier molecular flexibility index (Phi) is 1.56. The molecule has 0 aliphatic heterocycles. The maximum atomic E-state index is 2.50. The first-order chi connectivity index (χ1) is 5.10. The molecule has 0 nitrogen and oxygen atoms in total. The van der Waals surface area contributed by atoms with Gasteiger partial charge in [-0.25, -0.2) is 0 Å². The number of hydrogen-bond acceptors (Lipinski definition) is 0. The van der Waals surface area contributed by atoms with Crippen LogP contribution in [0, 0.1) is 23.2 Å². The van der Waals surface area contributed by atoms with Gasteiger partial charge < -0.3 is 0 Å². The largest absolute Gasteiger partial charge is 0.0623 e. The summed E-state index contributed by atoms with van der Waals surface area (Å²) >= 11 is 0. The molecule has 0 saturated heterocycles. The first-order valence-electron chi connectivity index (χ1n) is 5.10. The van der Waals surface area contributed by atoms with Gasteiger partial charge in [0, 0.05) is 0 Å². The van der Waals surface area contributed by atoms with Crippen LogP contribution in [0.2, 0.25) is 0 Å². The van der Waals surface area contributed by atoms with Crippen LogP contribution in [0.4, 0.5) is 0 Å². The second-order valence-electron chi connectivity index (χ2n) is 5.42. The van der Waals surface area contributed by atoms with Crippen molar-refractivity contribution in [2.75, 3.05) is 0 Å². The molecule has 3 fully saturated rings. The minimum atomic E-state index is 0.700. The molecule has 0 atom stereocenters. The molecule has 0 amide bonds. The second kappa shape index (κ2) is 2.24. The third kappa shape index (κ3) is 1.11. The fourth-order valence-corrected chi connectivity index (χ4v) is 3.08. The summed E-state index contributed by atoms with van der Waals surface area (Å²) in [6, 6.07) is 0. The molecule has 0 N–H and O–H groups in total. The van der Waals surface area contributed by atoms with Crippen LogP contribution in [0.15, 0.2) is 0 Å². The topological polar surface area (TPSA) is 0 Å². The van der Waals surface area contributed by atoms with Gasteiger partial charge in [0.2, 0.25) is 0 Å². The normalized spacial score (nSPS) is 49.1. The van der Waals surface area contributed by atoms with Crippen molar-refractivity contribution in [1.29, 1.82) is 0 Å². The lowest BCUT2D eigenvalue weighted by molar-refractivity contribution is -0.0195. The van der Waals surface area contributed by atoms with E-state index in [2.05, 4.69) is 20.8 Å². The molecule has 3 saturated carbocycles. The summed E-state index contributed by atoms with van der Waals surface area (Å²) < 4.78 is 0. The first kappa shape index (κ1) is 7.64. The van der Waals surface area contributed by atoms with Crippen molar-refractivity contribution in [3.8, 4) is 0 Å². The second-order valence-corrected chi connectivity index (χ2v) is 5.42. The van der Waals surface area contributed by atoms with Crippen LogP contribution in [0.1, 0.15) is 46.5 Å². The Morgan fingerprint density at radius 1 is 1.09 bits per heavy atom. The zero-order chi connectivity index (χ0) is 8.06. The van der Waals surface area contributed by atoms with Gasteiger partial charge in [-0.2, -0.15) is 0 Å². The van der Waals surface area contributed by atoms with E-state index in [0.29, 0.717) is 5.41 Å². The molecule has 0 aromatic heterocycles. The van der Waals surface area contributed by atoms with Gasteiger partial charge in [-0.3, -0.25) is 0 Å². The first-order valence-corrected chi connectivity index (χ1v) is 5.10. The third-order valence-electron chi connectivity index (χ3n) is 4.24. The monoisotopic (exact) mass is 152 g/mol. The van der Waals surface area contributed by atoms with E-state index >= 15 is 0 Å². The summed E-state index contributed by atoms with van der Waals surface area (Å²) in [5.74, 6) is 3.12. The van der Waals surface area contributed by atoms with Gasteiger partial charge >= 0.3 is 0 Å². The molecule has 0 heterocycles. The Balaban J connectivity index is 2.05.